The fraction of sp³-hybridized carbons (Fsp3) is 0.538. The van der Waals surface area contributed by atoms with Crippen LogP contribution in [0.4, 0.5) is 10.1 Å². The molecule has 0 aliphatic heterocycles. The molecule has 2 nitrogen and oxygen atoms in total. The lowest BCUT2D eigenvalue weighted by atomic mass is 10.2. The molecule has 0 fully saturated rings. The molecule has 0 amide bonds. The van der Waals surface area contributed by atoms with Crippen molar-refractivity contribution in [2.45, 2.75) is 33.3 Å². The topological polar surface area (TPSA) is 21.3 Å². The number of nitrogens with one attached hydrogen (secondary N) is 1. The number of benzene rings is 1. The second-order valence-electron chi connectivity index (χ2n) is 4.97. The van der Waals surface area contributed by atoms with Crippen molar-refractivity contribution in [2.24, 2.45) is 0 Å². The van der Waals surface area contributed by atoms with Crippen molar-refractivity contribution in [3.8, 4) is 0 Å². The van der Waals surface area contributed by atoms with Crippen LogP contribution in [-0.2, 0) is 4.74 Å². The Morgan fingerprint density at radius 2 is 2.00 bits per heavy atom. The molecule has 0 heterocycles. The van der Waals surface area contributed by atoms with E-state index < -0.39 is 0 Å². The third-order valence-corrected chi connectivity index (χ3v) is 2.83. The fourth-order valence-corrected chi connectivity index (χ4v) is 1.72. The molecule has 0 spiro atoms. The normalized spacial score (nSPS) is 11.6. The summed E-state index contributed by atoms with van der Waals surface area (Å²) in [6.07, 6.45) is 0. The van der Waals surface area contributed by atoms with E-state index >= 15 is 0 Å². The molecule has 1 N–H and O–H groups in total. The summed E-state index contributed by atoms with van der Waals surface area (Å²) in [6.45, 7) is 9.27. The molecule has 0 unspecified atom stereocenters. The first-order chi connectivity index (χ1) is 7.79. The lowest BCUT2D eigenvalue weighted by Gasteiger charge is -2.20. The van der Waals surface area contributed by atoms with Crippen molar-refractivity contribution in [3.63, 3.8) is 0 Å². The molecular formula is C13H19BrFNO. The molecule has 1 aromatic carbocycles. The number of anilines is 1. The van der Waals surface area contributed by atoms with Crippen molar-refractivity contribution in [3.05, 3.63) is 28.0 Å². The molecule has 0 aromatic heterocycles. The van der Waals surface area contributed by atoms with Crippen molar-refractivity contribution < 1.29 is 9.13 Å². The average molecular weight is 304 g/mol. The standard InChI is InChI=1S/C13H19BrFNO/c1-9-7-11(15)10(14)8-12(9)16-5-6-17-13(2,3)4/h7-8,16H,5-6H2,1-4H3. The first-order valence-corrected chi connectivity index (χ1v) is 6.42. The minimum absolute atomic E-state index is 0.125. The van der Waals surface area contributed by atoms with Gasteiger partial charge in [0, 0.05) is 12.2 Å². The highest BCUT2D eigenvalue weighted by molar-refractivity contribution is 9.10. The average Bonchev–Trinajstić information content (AvgIpc) is 2.18. The third-order valence-electron chi connectivity index (χ3n) is 2.22. The summed E-state index contributed by atoms with van der Waals surface area (Å²) < 4.78 is 19.3. The number of halogens is 2. The number of ether oxygens (including phenoxy) is 1. The maximum atomic E-state index is 13.2. The SMILES string of the molecule is Cc1cc(F)c(Br)cc1NCCOC(C)(C)C. The fourth-order valence-electron chi connectivity index (χ4n) is 1.38. The second kappa shape index (κ2) is 5.83. The molecule has 0 saturated heterocycles. The molecule has 0 atom stereocenters. The van der Waals surface area contributed by atoms with E-state index in [-0.39, 0.29) is 11.4 Å². The highest BCUT2D eigenvalue weighted by Crippen LogP contribution is 2.24. The van der Waals surface area contributed by atoms with Crippen LogP contribution in [0.5, 0.6) is 0 Å². The lowest BCUT2D eigenvalue weighted by Crippen LogP contribution is -2.23. The number of hydrogen-bond acceptors (Lipinski definition) is 2. The van der Waals surface area contributed by atoms with Crippen LogP contribution >= 0.6 is 15.9 Å². The van der Waals surface area contributed by atoms with Crippen LogP contribution < -0.4 is 5.32 Å². The Balaban J connectivity index is 2.50. The Morgan fingerprint density at radius 3 is 2.59 bits per heavy atom. The minimum Gasteiger partial charge on any atom is -0.382 e. The molecule has 4 heteroatoms. The predicted molar refractivity (Wildman–Crippen MR) is 73.0 cm³/mol. The molecule has 0 saturated carbocycles. The molecule has 1 aromatic rings. The highest BCUT2D eigenvalue weighted by Gasteiger charge is 2.09. The Kier molecular flexibility index (Phi) is 4.95. The number of aryl methyl sites for hydroxylation is 1. The van der Waals surface area contributed by atoms with Gasteiger partial charge >= 0.3 is 0 Å². The van der Waals surface area contributed by atoms with Gasteiger partial charge in [-0.15, -0.1) is 0 Å². The summed E-state index contributed by atoms with van der Waals surface area (Å²) in [7, 11) is 0. The summed E-state index contributed by atoms with van der Waals surface area (Å²) in [5.74, 6) is -0.237. The largest absolute Gasteiger partial charge is 0.382 e. The quantitative estimate of drug-likeness (QED) is 0.845. The molecule has 0 aliphatic carbocycles. The van der Waals surface area contributed by atoms with Crippen molar-refractivity contribution in [2.75, 3.05) is 18.5 Å². The van der Waals surface area contributed by atoms with Crippen molar-refractivity contribution >= 4 is 21.6 Å². The van der Waals surface area contributed by atoms with Crippen molar-refractivity contribution in [1.29, 1.82) is 0 Å². The van der Waals surface area contributed by atoms with E-state index in [1.54, 1.807) is 6.07 Å². The lowest BCUT2D eigenvalue weighted by molar-refractivity contribution is 0.00333. The van der Waals surface area contributed by atoms with E-state index in [1.165, 1.54) is 6.07 Å². The van der Waals surface area contributed by atoms with Crippen LogP contribution in [0.1, 0.15) is 26.3 Å². The smallest absolute Gasteiger partial charge is 0.137 e. The van der Waals surface area contributed by atoms with Crippen LogP contribution in [0.2, 0.25) is 0 Å². The van der Waals surface area contributed by atoms with Gasteiger partial charge in [-0.25, -0.2) is 4.39 Å². The van der Waals surface area contributed by atoms with Gasteiger partial charge in [-0.3, -0.25) is 0 Å². The second-order valence-corrected chi connectivity index (χ2v) is 5.82. The first kappa shape index (κ1) is 14.5. The molecule has 96 valence electrons. The monoisotopic (exact) mass is 303 g/mol. The van der Waals surface area contributed by atoms with Gasteiger partial charge in [-0.05, 0) is 61.3 Å². The number of hydrogen-bond donors (Lipinski definition) is 1. The van der Waals surface area contributed by atoms with E-state index in [0.717, 1.165) is 11.3 Å². The first-order valence-electron chi connectivity index (χ1n) is 5.63. The Hall–Kier alpha value is -0.610. The van der Waals surface area contributed by atoms with Gasteiger partial charge in [-0.1, -0.05) is 0 Å². The zero-order valence-electron chi connectivity index (χ0n) is 10.7. The maximum absolute atomic E-state index is 13.2. The van der Waals surface area contributed by atoms with Crippen molar-refractivity contribution in [1.82, 2.24) is 0 Å². The van der Waals surface area contributed by atoms with Crippen LogP contribution in [0.15, 0.2) is 16.6 Å². The zero-order valence-corrected chi connectivity index (χ0v) is 12.3. The van der Waals surface area contributed by atoms with Gasteiger partial charge in [0.1, 0.15) is 5.82 Å². The Bertz CT molecular complexity index is 388. The van der Waals surface area contributed by atoms with E-state index in [1.807, 2.05) is 27.7 Å². The third kappa shape index (κ3) is 5.04. The maximum Gasteiger partial charge on any atom is 0.137 e. The molecule has 0 radical (unpaired) electrons. The summed E-state index contributed by atoms with van der Waals surface area (Å²) in [5.41, 5.74) is 1.69. The van der Waals surface area contributed by atoms with Crippen LogP contribution in [0.3, 0.4) is 0 Å². The van der Waals surface area contributed by atoms with Gasteiger partial charge in [-0.2, -0.15) is 0 Å². The van der Waals surface area contributed by atoms with Gasteiger partial charge < -0.3 is 10.1 Å². The Morgan fingerprint density at radius 1 is 1.35 bits per heavy atom. The summed E-state index contributed by atoms with van der Waals surface area (Å²) >= 11 is 3.17. The van der Waals surface area contributed by atoms with Crippen LogP contribution in [-0.4, -0.2) is 18.8 Å². The molecule has 0 aliphatic rings. The van der Waals surface area contributed by atoms with Crippen LogP contribution in [0, 0.1) is 12.7 Å². The molecular weight excluding hydrogens is 285 g/mol. The predicted octanol–water partition coefficient (Wildman–Crippen LogP) is 4.12. The van der Waals surface area contributed by atoms with Gasteiger partial charge in [0.2, 0.25) is 0 Å². The summed E-state index contributed by atoms with van der Waals surface area (Å²) in [4.78, 5) is 0. The van der Waals surface area contributed by atoms with Crippen LogP contribution in [0.25, 0.3) is 0 Å². The highest BCUT2D eigenvalue weighted by atomic mass is 79.9. The van der Waals surface area contributed by atoms with Gasteiger partial charge in [0.15, 0.2) is 0 Å². The van der Waals surface area contributed by atoms with E-state index in [2.05, 4.69) is 21.2 Å². The summed E-state index contributed by atoms with van der Waals surface area (Å²) in [5, 5.41) is 3.23. The molecule has 17 heavy (non-hydrogen) atoms. The zero-order chi connectivity index (χ0) is 13.1. The number of rotatable bonds is 4. The van der Waals surface area contributed by atoms with E-state index in [4.69, 9.17) is 4.74 Å². The molecule has 0 bridgehead atoms. The van der Waals surface area contributed by atoms with Gasteiger partial charge in [0.25, 0.3) is 0 Å². The summed E-state index contributed by atoms with van der Waals surface area (Å²) in [6, 6.07) is 3.26. The molecule has 1 rings (SSSR count). The van der Waals surface area contributed by atoms with E-state index in [0.29, 0.717) is 17.6 Å². The minimum atomic E-state index is -0.237. The van der Waals surface area contributed by atoms with Gasteiger partial charge in [0.05, 0.1) is 16.7 Å². The Labute approximate surface area is 111 Å². The van der Waals surface area contributed by atoms with E-state index in [9.17, 15) is 4.39 Å².